The number of carbonyl (C=O) groups is 1. The molecule has 1 aromatic rings. The Morgan fingerprint density at radius 2 is 2.10 bits per heavy atom. The Morgan fingerprint density at radius 3 is 2.65 bits per heavy atom. The van der Waals surface area contributed by atoms with E-state index in [1.165, 1.54) is 19.2 Å². The van der Waals surface area contributed by atoms with Crippen LogP contribution in [0.15, 0.2) is 18.2 Å². The van der Waals surface area contributed by atoms with Crippen LogP contribution < -0.4 is 10.1 Å². The van der Waals surface area contributed by atoms with Crippen molar-refractivity contribution < 1.29 is 13.9 Å². The number of ether oxygens (including phenoxy) is 1. The SMILES string of the molecule is COc1ccc(NC(=O)C2(C#N)CCCCC2)cc1F. The molecule has 4 nitrogen and oxygen atoms in total. The molecule has 1 aliphatic carbocycles. The second-order valence-corrected chi connectivity index (χ2v) is 5.06. The third kappa shape index (κ3) is 2.74. The lowest BCUT2D eigenvalue weighted by Gasteiger charge is -2.29. The van der Waals surface area contributed by atoms with Gasteiger partial charge in [-0.15, -0.1) is 0 Å². The Balaban J connectivity index is 2.14. The van der Waals surface area contributed by atoms with E-state index in [0.29, 0.717) is 18.5 Å². The molecule has 1 amide bonds. The largest absolute Gasteiger partial charge is 0.494 e. The van der Waals surface area contributed by atoms with E-state index in [9.17, 15) is 14.4 Å². The molecule has 1 aromatic carbocycles. The Morgan fingerprint density at radius 1 is 1.40 bits per heavy atom. The highest BCUT2D eigenvalue weighted by molar-refractivity contribution is 5.97. The molecular formula is C15H17FN2O2. The normalized spacial score (nSPS) is 17.1. The molecule has 2 rings (SSSR count). The van der Waals surface area contributed by atoms with Crippen LogP contribution in [0.3, 0.4) is 0 Å². The fourth-order valence-corrected chi connectivity index (χ4v) is 2.54. The molecule has 0 atom stereocenters. The molecular weight excluding hydrogens is 259 g/mol. The average Bonchev–Trinajstić information content (AvgIpc) is 2.48. The number of hydrogen-bond donors (Lipinski definition) is 1. The Labute approximate surface area is 117 Å². The lowest BCUT2D eigenvalue weighted by atomic mass is 9.74. The second-order valence-electron chi connectivity index (χ2n) is 5.06. The molecule has 106 valence electrons. The maximum Gasteiger partial charge on any atom is 0.244 e. The van der Waals surface area contributed by atoms with Crippen molar-refractivity contribution in [3.63, 3.8) is 0 Å². The molecule has 1 N–H and O–H groups in total. The van der Waals surface area contributed by atoms with Gasteiger partial charge < -0.3 is 10.1 Å². The average molecular weight is 276 g/mol. The summed E-state index contributed by atoms with van der Waals surface area (Å²) in [6.07, 6.45) is 3.92. The number of methoxy groups -OCH3 is 1. The molecule has 0 bridgehead atoms. The first-order valence-electron chi connectivity index (χ1n) is 6.67. The quantitative estimate of drug-likeness (QED) is 0.921. The minimum Gasteiger partial charge on any atom is -0.494 e. The number of anilines is 1. The van der Waals surface area contributed by atoms with E-state index in [4.69, 9.17) is 4.74 Å². The summed E-state index contributed by atoms with van der Waals surface area (Å²) >= 11 is 0. The summed E-state index contributed by atoms with van der Waals surface area (Å²) in [6.45, 7) is 0. The molecule has 1 aliphatic rings. The molecule has 5 heteroatoms. The lowest BCUT2D eigenvalue weighted by Crippen LogP contribution is -2.36. The summed E-state index contributed by atoms with van der Waals surface area (Å²) in [4.78, 5) is 12.3. The minimum atomic E-state index is -0.978. The minimum absolute atomic E-state index is 0.121. The van der Waals surface area contributed by atoms with E-state index in [1.807, 2.05) is 0 Å². The first-order chi connectivity index (χ1) is 9.61. The van der Waals surface area contributed by atoms with Crippen LogP contribution in [0, 0.1) is 22.6 Å². The zero-order chi connectivity index (χ0) is 14.6. The van der Waals surface area contributed by atoms with Crippen molar-refractivity contribution in [3.05, 3.63) is 24.0 Å². The van der Waals surface area contributed by atoms with Gasteiger partial charge in [0.1, 0.15) is 5.41 Å². The smallest absolute Gasteiger partial charge is 0.244 e. The van der Waals surface area contributed by atoms with Crippen molar-refractivity contribution in [1.82, 2.24) is 0 Å². The topological polar surface area (TPSA) is 62.1 Å². The Kier molecular flexibility index (Phi) is 4.23. The fourth-order valence-electron chi connectivity index (χ4n) is 2.54. The predicted octanol–water partition coefficient (Wildman–Crippen LogP) is 3.25. The highest BCUT2D eigenvalue weighted by Crippen LogP contribution is 2.37. The number of carbonyl (C=O) groups excluding carboxylic acids is 1. The molecule has 0 aromatic heterocycles. The third-order valence-corrected chi connectivity index (χ3v) is 3.77. The number of amides is 1. The van der Waals surface area contributed by atoms with Gasteiger partial charge in [0, 0.05) is 11.8 Å². The van der Waals surface area contributed by atoms with Gasteiger partial charge in [-0.1, -0.05) is 19.3 Å². The van der Waals surface area contributed by atoms with Gasteiger partial charge in [0.15, 0.2) is 11.6 Å². The number of rotatable bonds is 3. The van der Waals surface area contributed by atoms with Crippen LogP contribution in [0.5, 0.6) is 5.75 Å². The summed E-state index contributed by atoms with van der Waals surface area (Å²) in [6, 6.07) is 6.36. The van der Waals surface area contributed by atoms with Gasteiger partial charge in [-0.2, -0.15) is 5.26 Å². The van der Waals surface area contributed by atoms with Crippen LogP contribution in [0.4, 0.5) is 10.1 Å². The van der Waals surface area contributed by atoms with Crippen molar-refractivity contribution in [2.75, 3.05) is 12.4 Å². The molecule has 0 spiro atoms. The number of nitriles is 1. The summed E-state index contributed by atoms with van der Waals surface area (Å²) in [7, 11) is 1.38. The van der Waals surface area contributed by atoms with Crippen LogP contribution in [0.2, 0.25) is 0 Å². The number of nitrogens with zero attached hydrogens (tertiary/aromatic N) is 1. The van der Waals surface area contributed by atoms with Crippen LogP contribution in [0.1, 0.15) is 32.1 Å². The van der Waals surface area contributed by atoms with Crippen LogP contribution >= 0.6 is 0 Å². The van der Waals surface area contributed by atoms with Gasteiger partial charge in [-0.05, 0) is 25.0 Å². The van der Waals surface area contributed by atoms with E-state index in [2.05, 4.69) is 11.4 Å². The van der Waals surface area contributed by atoms with Crippen LogP contribution in [-0.2, 0) is 4.79 Å². The van der Waals surface area contributed by atoms with Gasteiger partial charge in [-0.25, -0.2) is 4.39 Å². The highest BCUT2D eigenvalue weighted by atomic mass is 19.1. The van der Waals surface area contributed by atoms with E-state index >= 15 is 0 Å². The van der Waals surface area contributed by atoms with Gasteiger partial charge >= 0.3 is 0 Å². The van der Waals surface area contributed by atoms with Crippen molar-refractivity contribution in [1.29, 1.82) is 5.26 Å². The fraction of sp³-hybridized carbons (Fsp3) is 0.467. The molecule has 0 aliphatic heterocycles. The number of hydrogen-bond acceptors (Lipinski definition) is 3. The first-order valence-corrected chi connectivity index (χ1v) is 6.67. The Bertz CT molecular complexity index is 545. The van der Waals surface area contributed by atoms with E-state index in [0.717, 1.165) is 19.3 Å². The monoisotopic (exact) mass is 276 g/mol. The molecule has 1 fully saturated rings. The summed E-state index contributed by atoms with van der Waals surface area (Å²) < 4.78 is 18.4. The lowest BCUT2D eigenvalue weighted by molar-refractivity contribution is -0.124. The summed E-state index contributed by atoms with van der Waals surface area (Å²) in [5.41, 5.74) is -0.636. The molecule has 0 radical (unpaired) electrons. The number of benzene rings is 1. The second kappa shape index (κ2) is 5.91. The summed E-state index contributed by atoms with van der Waals surface area (Å²) in [5.74, 6) is -0.764. The van der Waals surface area contributed by atoms with E-state index in [-0.39, 0.29) is 11.7 Å². The third-order valence-electron chi connectivity index (χ3n) is 3.77. The van der Waals surface area contributed by atoms with E-state index in [1.54, 1.807) is 6.07 Å². The van der Waals surface area contributed by atoms with Gasteiger partial charge in [0.05, 0.1) is 13.2 Å². The Hall–Kier alpha value is -2.09. The number of nitrogens with one attached hydrogen (secondary N) is 1. The van der Waals surface area contributed by atoms with Crippen LogP contribution in [0.25, 0.3) is 0 Å². The van der Waals surface area contributed by atoms with Crippen molar-refractivity contribution >= 4 is 11.6 Å². The zero-order valence-corrected chi connectivity index (χ0v) is 11.4. The highest BCUT2D eigenvalue weighted by Gasteiger charge is 2.39. The van der Waals surface area contributed by atoms with Crippen LogP contribution in [-0.4, -0.2) is 13.0 Å². The molecule has 0 heterocycles. The molecule has 0 unspecified atom stereocenters. The van der Waals surface area contributed by atoms with Gasteiger partial charge in [0.2, 0.25) is 5.91 Å². The molecule has 20 heavy (non-hydrogen) atoms. The zero-order valence-electron chi connectivity index (χ0n) is 11.4. The van der Waals surface area contributed by atoms with Crippen molar-refractivity contribution in [3.8, 4) is 11.8 Å². The predicted molar refractivity (Wildman–Crippen MR) is 72.7 cm³/mol. The van der Waals surface area contributed by atoms with Crippen molar-refractivity contribution in [2.45, 2.75) is 32.1 Å². The van der Waals surface area contributed by atoms with Crippen molar-refractivity contribution in [2.24, 2.45) is 5.41 Å². The maximum atomic E-state index is 13.6. The number of halogens is 1. The summed E-state index contributed by atoms with van der Waals surface area (Å²) in [5, 5.41) is 12.0. The van der Waals surface area contributed by atoms with E-state index < -0.39 is 11.2 Å². The maximum absolute atomic E-state index is 13.6. The molecule has 1 saturated carbocycles. The standard InChI is InChI=1S/C15H17FN2O2/c1-20-13-6-5-11(9-12(13)16)18-14(19)15(10-17)7-3-2-4-8-15/h5-6,9H,2-4,7-8H2,1H3,(H,18,19). The van der Waals surface area contributed by atoms with Gasteiger partial charge in [0.25, 0.3) is 0 Å². The molecule has 0 saturated heterocycles. The first kappa shape index (κ1) is 14.3. The van der Waals surface area contributed by atoms with Gasteiger partial charge in [-0.3, -0.25) is 4.79 Å².